The quantitative estimate of drug-likeness (QED) is 0.873. The number of nitrogens with zero attached hydrogens (tertiary/aromatic N) is 1. The van der Waals surface area contributed by atoms with Crippen LogP contribution in [0.5, 0.6) is 0 Å². The Kier molecular flexibility index (Phi) is 4.38. The second-order valence-electron chi connectivity index (χ2n) is 4.94. The van der Waals surface area contributed by atoms with Crippen molar-refractivity contribution in [1.29, 1.82) is 0 Å². The number of halogens is 1. The molecule has 0 bridgehead atoms. The van der Waals surface area contributed by atoms with Gasteiger partial charge in [-0.3, -0.25) is 0 Å². The number of anilines is 1. The highest BCUT2D eigenvalue weighted by Crippen LogP contribution is 2.28. The summed E-state index contributed by atoms with van der Waals surface area (Å²) in [6.45, 7) is 3.32. The predicted octanol–water partition coefficient (Wildman–Crippen LogP) is 2.73. The van der Waals surface area contributed by atoms with E-state index in [9.17, 15) is 8.42 Å². The number of sulfonamides is 1. The number of hydrogen-bond acceptors (Lipinski definition) is 3. The smallest absolute Gasteiger partial charge is 0.243 e. The Morgan fingerprint density at radius 2 is 2.00 bits per heavy atom. The zero-order valence-corrected chi connectivity index (χ0v) is 12.5. The van der Waals surface area contributed by atoms with Crippen LogP contribution in [0, 0.1) is 5.92 Å². The van der Waals surface area contributed by atoms with Crippen molar-refractivity contribution in [1.82, 2.24) is 4.31 Å². The molecule has 19 heavy (non-hydrogen) atoms. The fourth-order valence-corrected chi connectivity index (χ4v) is 4.01. The molecule has 1 aliphatic heterocycles. The van der Waals surface area contributed by atoms with E-state index >= 15 is 0 Å². The number of nitrogens with two attached hydrogens (primary N) is 1. The van der Waals surface area contributed by atoms with Crippen LogP contribution in [0.25, 0.3) is 0 Å². The van der Waals surface area contributed by atoms with E-state index < -0.39 is 10.0 Å². The molecule has 0 amide bonds. The molecular formula is C13H19ClN2O2S. The largest absolute Gasteiger partial charge is 0.397 e. The fourth-order valence-electron chi connectivity index (χ4n) is 2.39. The van der Waals surface area contributed by atoms with E-state index in [1.807, 2.05) is 0 Å². The first kappa shape index (κ1) is 14.6. The van der Waals surface area contributed by atoms with Crippen molar-refractivity contribution in [3.8, 4) is 0 Å². The molecule has 1 heterocycles. The average molecular weight is 303 g/mol. The first-order valence-corrected chi connectivity index (χ1v) is 8.32. The molecule has 2 N–H and O–H groups in total. The van der Waals surface area contributed by atoms with Gasteiger partial charge in [-0.1, -0.05) is 24.9 Å². The van der Waals surface area contributed by atoms with Crippen LogP contribution in [0.4, 0.5) is 5.69 Å². The normalized spacial score (nSPS) is 18.6. The maximum Gasteiger partial charge on any atom is 0.243 e. The molecule has 0 aliphatic carbocycles. The van der Waals surface area contributed by atoms with Crippen LogP contribution < -0.4 is 5.73 Å². The lowest BCUT2D eigenvalue weighted by Gasteiger charge is -2.30. The van der Waals surface area contributed by atoms with Crippen molar-refractivity contribution in [3.05, 3.63) is 23.2 Å². The minimum atomic E-state index is -3.44. The number of piperidine rings is 1. The second-order valence-corrected chi connectivity index (χ2v) is 7.28. The summed E-state index contributed by atoms with van der Waals surface area (Å²) in [4.78, 5) is 0.226. The van der Waals surface area contributed by atoms with Gasteiger partial charge in [0.05, 0.1) is 15.6 Å². The highest BCUT2D eigenvalue weighted by atomic mass is 35.5. The van der Waals surface area contributed by atoms with Gasteiger partial charge in [0.25, 0.3) is 0 Å². The molecule has 0 saturated carbocycles. The molecule has 1 aliphatic rings. The van der Waals surface area contributed by atoms with Gasteiger partial charge >= 0.3 is 0 Å². The van der Waals surface area contributed by atoms with Crippen molar-refractivity contribution in [2.75, 3.05) is 18.8 Å². The summed E-state index contributed by atoms with van der Waals surface area (Å²) in [6, 6.07) is 4.48. The van der Waals surface area contributed by atoms with Crippen LogP contribution in [-0.2, 0) is 10.0 Å². The summed E-state index contributed by atoms with van der Waals surface area (Å²) in [5.74, 6) is 0.640. The van der Waals surface area contributed by atoms with Gasteiger partial charge in [0.15, 0.2) is 0 Å². The van der Waals surface area contributed by atoms with Gasteiger partial charge in [-0.15, -0.1) is 0 Å². The SMILES string of the molecule is CCC1CCN(S(=O)(=O)c2ccc(Cl)c(N)c2)CC1. The Morgan fingerprint density at radius 3 is 2.53 bits per heavy atom. The Hall–Kier alpha value is -0.780. The molecule has 1 fully saturated rings. The molecule has 1 aromatic carbocycles. The molecule has 0 atom stereocenters. The van der Waals surface area contributed by atoms with Crippen LogP contribution in [0.3, 0.4) is 0 Å². The standard InChI is InChI=1S/C13H19ClN2O2S/c1-2-10-5-7-16(8-6-10)19(17,18)11-3-4-12(14)13(15)9-11/h3-4,9-10H,2,5-8,15H2,1H3. The Balaban J connectivity index is 2.21. The second kappa shape index (κ2) is 5.69. The molecule has 106 valence electrons. The molecule has 1 aromatic rings. The first-order chi connectivity index (χ1) is 8.95. The van der Waals surface area contributed by atoms with Gasteiger partial charge in [-0.25, -0.2) is 8.42 Å². The van der Waals surface area contributed by atoms with Crippen molar-refractivity contribution in [3.63, 3.8) is 0 Å². The molecule has 2 rings (SSSR count). The van der Waals surface area contributed by atoms with Crippen molar-refractivity contribution in [2.24, 2.45) is 5.92 Å². The first-order valence-electron chi connectivity index (χ1n) is 6.50. The van der Waals surface area contributed by atoms with Crippen LogP contribution >= 0.6 is 11.6 Å². The third-order valence-electron chi connectivity index (χ3n) is 3.76. The van der Waals surface area contributed by atoms with Gasteiger partial charge in [0, 0.05) is 13.1 Å². The topological polar surface area (TPSA) is 63.4 Å². The van der Waals surface area contributed by atoms with E-state index in [4.69, 9.17) is 17.3 Å². The molecule has 0 aromatic heterocycles. The van der Waals surface area contributed by atoms with E-state index in [0.29, 0.717) is 29.7 Å². The van der Waals surface area contributed by atoms with Crippen molar-refractivity contribution in [2.45, 2.75) is 31.1 Å². The van der Waals surface area contributed by atoms with Gasteiger partial charge in [-0.05, 0) is 37.0 Å². The molecule has 0 spiro atoms. The Bertz CT molecular complexity index is 552. The van der Waals surface area contributed by atoms with Crippen LogP contribution in [-0.4, -0.2) is 25.8 Å². The highest BCUT2D eigenvalue weighted by molar-refractivity contribution is 7.89. The number of rotatable bonds is 3. The predicted molar refractivity (Wildman–Crippen MR) is 77.6 cm³/mol. The molecule has 0 unspecified atom stereocenters. The summed E-state index contributed by atoms with van der Waals surface area (Å²) >= 11 is 5.82. The van der Waals surface area contributed by atoms with E-state index in [2.05, 4.69) is 6.92 Å². The minimum absolute atomic E-state index is 0.226. The molecule has 6 heteroatoms. The Labute approximate surface area is 119 Å². The lowest BCUT2D eigenvalue weighted by Crippen LogP contribution is -2.38. The van der Waals surface area contributed by atoms with Crippen LogP contribution in [0.2, 0.25) is 5.02 Å². The number of benzene rings is 1. The van der Waals surface area contributed by atoms with Crippen LogP contribution in [0.15, 0.2) is 23.1 Å². The zero-order valence-electron chi connectivity index (χ0n) is 11.0. The fraction of sp³-hybridized carbons (Fsp3) is 0.538. The van der Waals surface area contributed by atoms with E-state index in [1.165, 1.54) is 18.2 Å². The van der Waals surface area contributed by atoms with Gasteiger partial charge in [0.2, 0.25) is 10.0 Å². The summed E-state index contributed by atoms with van der Waals surface area (Å²) in [5, 5.41) is 0.378. The van der Waals surface area contributed by atoms with E-state index in [-0.39, 0.29) is 4.90 Å². The number of nitrogen functional groups attached to an aromatic ring is 1. The zero-order chi connectivity index (χ0) is 14.0. The lowest BCUT2D eigenvalue weighted by atomic mass is 9.96. The Morgan fingerprint density at radius 1 is 1.37 bits per heavy atom. The molecule has 1 saturated heterocycles. The average Bonchev–Trinajstić information content (AvgIpc) is 2.41. The lowest BCUT2D eigenvalue weighted by molar-refractivity contribution is 0.269. The van der Waals surface area contributed by atoms with Crippen molar-refractivity contribution >= 4 is 27.3 Å². The third kappa shape index (κ3) is 3.04. The molecule has 4 nitrogen and oxygen atoms in total. The maximum absolute atomic E-state index is 12.5. The minimum Gasteiger partial charge on any atom is -0.397 e. The summed E-state index contributed by atoms with van der Waals surface area (Å²) in [7, 11) is -3.44. The number of hydrogen-bond donors (Lipinski definition) is 1. The van der Waals surface area contributed by atoms with Gasteiger partial charge in [0.1, 0.15) is 0 Å². The van der Waals surface area contributed by atoms with E-state index in [0.717, 1.165) is 19.3 Å². The van der Waals surface area contributed by atoms with Crippen molar-refractivity contribution < 1.29 is 8.42 Å². The summed E-state index contributed by atoms with van der Waals surface area (Å²) in [6.07, 6.45) is 2.97. The highest BCUT2D eigenvalue weighted by Gasteiger charge is 2.28. The van der Waals surface area contributed by atoms with Gasteiger partial charge in [-0.2, -0.15) is 4.31 Å². The maximum atomic E-state index is 12.5. The van der Waals surface area contributed by atoms with Crippen LogP contribution in [0.1, 0.15) is 26.2 Å². The summed E-state index contributed by atoms with van der Waals surface area (Å²) < 4.78 is 26.5. The third-order valence-corrected chi connectivity index (χ3v) is 5.99. The monoisotopic (exact) mass is 302 g/mol. The van der Waals surface area contributed by atoms with Gasteiger partial charge < -0.3 is 5.73 Å². The summed E-state index contributed by atoms with van der Waals surface area (Å²) in [5.41, 5.74) is 5.97. The molecule has 0 radical (unpaired) electrons. The van der Waals surface area contributed by atoms with E-state index in [1.54, 1.807) is 4.31 Å². The molecular weight excluding hydrogens is 284 g/mol.